The monoisotopic (exact) mass is 325 g/mol. The molecule has 0 spiro atoms. The third-order valence-electron chi connectivity index (χ3n) is 2.59. The molecule has 0 aliphatic rings. The van der Waals surface area contributed by atoms with Crippen LogP contribution in [0.5, 0.6) is 0 Å². The molecule has 0 bridgehead atoms. The van der Waals surface area contributed by atoms with Crippen molar-refractivity contribution in [3.05, 3.63) is 42.0 Å². The van der Waals surface area contributed by atoms with Crippen molar-refractivity contribution in [2.75, 3.05) is 12.4 Å². The van der Waals surface area contributed by atoms with Crippen molar-refractivity contribution >= 4 is 27.5 Å². The third-order valence-corrected chi connectivity index (χ3v) is 4.54. The van der Waals surface area contributed by atoms with Gasteiger partial charge >= 0.3 is 5.91 Å². The van der Waals surface area contributed by atoms with E-state index in [1.807, 2.05) is 6.92 Å². The van der Waals surface area contributed by atoms with Crippen LogP contribution in [0.3, 0.4) is 0 Å². The summed E-state index contributed by atoms with van der Waals surface area (Å²) in [7, 11) is -3.93. The van der Waals surface area contributed by atoms with Crippen LogP contribution >= 0.6 is 11.6 Å². The zero-order valence-corrected chi connectivity index (χ0v) is 13.4. The summed E-state index contributed by atoms with van der Waals surface area (Å²) in [6.07, 6.45) is 3.10. The van der Waals surface area contributed by atoms with Crippen molar-refractivity contribution in [1.29, 1.82) is 0 Å². The van der Waals surface area contributed by atoms with Gasteiger partial charge in [0.15, 0.2) is 0 Å². The van der Waals surface area contributed by atoms with E-state index in [0.717, 1.165) is 9.87 Å². The Bertz CT molecular complexity index is 682. The second-order valence-electron chi connectivity index (χ2n) is 4.16. The fourth-order valence-electron chi connectivity index (χ4n) is 1.53. The number of benzene rings is 1. The van der Waals surface area contributed by atoms with Crippen LogP contribution in [0.25, 0.3) is 0 Å². The quantitative estimate of drug-likeness (QED) is 0.474. The molecule has 0 aliphatic carbocycles. The smallest absolute Gasteiger partial charge is 0.258 e. The van der Waals surface area contributed by atoms with E-state index in [2.05, 4.69) is 11.8 Å². The summed E-state index contributed by atoms with van der Waals surface area (Å²) in [5.74, 6) is 4.14. The largest absolute Gasteiger partial charge is 0.312 e. The molecule has 0 unspecified atom stereocenters. The molecule has 0 aromatic heterocycles. The first kappa shape index (κ1) is 17.3. The van der Waals surface area contributed by atoms with E-state index in [4.69, 9.17) is 11.6 Å². The number of halogens is 1. The zero-order chi connectivity index (χ0) is 15.9. The first-order valence-electron chi connectivity index (χ1n) is 6.20. The molecule has 4 nitrogen and oxygen atoms in total. The highest BCUT2D eigenvalue weighted by Gasteiger charge is 2.27. The molecule has 1 amide bonds. The molecule has 0 atom stereocenters. The highest BCUT2D eigenvalue weighted by molar-refractivity contribution is 7.89. The van der Waals surface area contributed by atoms with Crippen LogP contribution in [-0.4, -0.2) is 31.1 Å². The predicted molar refractivity (Wildman–Crippen MR) is 83.4 cm³/mol. The highest BCUT2D eigenvalue weighted by atomic mass is 35.5. The minimum Gasteiger partial charge on any atom is -0.258 e. The Morgan fingerprint density at radius 2 is 1.90 bits per heavy atom. The van der Waals surface area contributed by atoms with Gasteiger partial charge in [0.1, 0.15) is 0 Å². The Kier molecular flexibility index (Phi) is 6.47. The highest BCUT2D eigenvalue weighted by Crippen LogP contribution is 2.16. The zero-order valence-electron chi connectivity index (χ0n) is 11.8. The van der Waals surface area contributed by atoms with Crippen LogP contribution in [-0.2, 0) is 14.8 Å². The summed E-state index contributed by atoms with van der Waals surface area (Å²) in [4.78, 5) is 12.0. The number of alkyl halides is 1. The third kappa shape index (κ3) is 4.62. The van der Waals surface area contributed by atoms with Gasteiger partial charge < -0.3 is 0 Å². The number of carbonyl (C=O) groups is 1. The lowest BCUT2D eigenvalue weighted by Gasteiger charge is -2.18. The van der Waals surface area contributed by atoms with Gasteiger partial charge in [0, 0.05) is 5.88 Å². The van der Waals surface area contributed by atoms with Gasteiger partial charge in [-0.1, -0.05) is 35.8 Å². The molecule has 0 heterocycles. The Hall–Kier alpha value is -1.77. The fraction of sp³-hybridized carbons (Fsp3) is 0.267. The van der Waals surface area contributed by atoms with Crippen LogP contribution in [0.2, 0.25) is 0 Å². The van der Waals surface area contributed by atoms with Crippen LogP contribution in [0, 0.1) is 18.8 Å². The lowest BCUT2D eigenvalue weighted by molar-refractivity contribution is -0.120. The number of hydrogen-bond donors (Lipinski definition) is 0. The van der Waals surface area contributed by atoms with Crippen LogP contribution < -0.4 is 0 Å². The number of nitrogens with zero attached hydrogens (tertiary/aromatic N) is 1. The Morgan fingerprint density at radius 1 is 1.29 bits per heavy atom. The molecule has 0 fully saturated rings. The Balaban J connectivity index is 3.21. The molecular formula is C15H16ClNO3S. The van der Waals surface area contributed by atoms with Gasteiger partial charge in [-0.2, -0.15) is 0 Å². The van der Waals surface area contributed by atoms with E-state index < -0.39 is 15.9 Å². The van der Waals surface area contributed by atoms with Crippen molar-refractivity contribution in [2.24, 2.45) is 0 Å². The second-order valence-corrected chi connectivity index (χ2v) is 6.33. The number of allylic oxidation sites excluding steroid dienone is 1. The molecule has 112 valence electrons. The van der Waals surface area contributed by atoms with E-state index in [1.54, 1.807) is 18.2 Å². The number of amides is 1. The number of carbonyl (C=O) groups excluding carboxylic acids is 1. The first-order valence-corrected chi connectivity index (χ1v) is 8.18. The van der Waals surface area contributed by atoms with Crippen molar-refractivity contribution in [3.63, 3.8) is 0 Å². The van der Waals surface area contributed by atoms with E-state index in [9.17, 15) is 13.2 Å². The molecule has 0 aliphatic heterocycles. The molecule has 0 radical (unpaired) electrons. The summed E-state index contributed by atoms with van der Waals surface area (Å²) >= 11 is 5.51. The van der Waals surface area contributed by atoms with Gasteiger partial charge in [-0.3, -0.25) is 4.79 Å². The molecule has 6 heteroatoms. The number of sulfonamides is 1. The summed E-state index contributed by atoms with van der Waals surface area (Å²) in [5.41, 5.74) is 0.933. The van der Waals surface area contributed by atoms with Gasteiger partial charge in [0.25, 0.3) is 10.0 Å². The minimum absolute atomic E-state index is 0.0543. The maximum Gasteiger partial charge on any atom is 0.312 e. The second kappa shape index (κ2) is 7.87. The van der Waals surface area contributed by atoms with Crippen molar-refractivity contribution in [1.82, 2.24) is 4.31 Å². The average molecular weight is 326 g/mol. The van der Waals surface area contributed by atoms with Crippen molar-refractivity contribution < 1.29 is 13.2 Å². The van der Waals surface area contributed by atoms with E-state index in [1.165, 1.54) is 25.1 Å². The van der Waals surface area contributed by atoms with Gasteiger partial charge in [-0.25, -0.2) is 12.7 Å². The standard InChI is InChI=1S/C15H16ClNO3S/c1-3-6-15(18)17(12-5-4-11-16)21(19,20)14-9-7-13(2)8-10-14/h4-5,7-10H,11-12H2,1-2H3/b5-4-. The molecule has 21 heavy (non-hydrogen) atoms. The van der Waals surface area contributed by atoms with Gasteiger partial charge in [-0.05, 0) is 31.9 Å². The summed E-state index contributed by atoms with van der Waals surface area (Å²) in [6, 6.07) is 6.29. The van der Waals surface area contributed by atoms with E-state index >= 15 is 0 Å². The maximum absolute atomic E-state index is 12.5. The van der Waals surface area contributed by atoms with Gasteiger partial charge in [0.05, 0.1) is 11.4 Å². The lowest BCUT2D eigenvalue weighted by atomic mass is 10.2. The van der Waals surface area contributed by atoms with Gasteiger partial charge in [-0.15, -0.1) is 11.6 Å². The molecule has 0 saturated heterocycles. The molecule has 1 rings (SSSR count). The minimum atomic E-state index is -3.93. The van der Waals surface area contributed by atoms with Crippen molar-refractivity contribution in [2.45, 2.75) is 18.7 Å². The molecule has 0 N–H and O–H groups in total. The summed E-state index contributed by atoms with van der Waals surface area (Å²) in [5, 5.41) is 0. The van der Waals surface area contributed by atoms with Crippen molar-refractivity contribution in [3.8, 4) is 11.8 Å². The van der Waals surface area contributed by atoms with Crippen LogP contribution in [0.15, 0.2) is 41.3 Å². The number of rotatable bonds is 5. The van der Waals surface area contributed by atoms with E-state index in [-0.39, 0.29) is 17.3 Å². The van der Waals surface area contributed by atoms with Crippen LogP contribution in [0.1, 0.15) is 12.5 Å². The number of hydrogen-bond acceptors (Lipinski definition) is 3. The predicted octanol–water partition coefficient (Wildman–Crippen LogP) is 2.33. The summed E-state index contributed by atoms with van der Waals surface area (Å²) < 4.78 is 25.8. The molecule has 1 aromatic rings. The summed E-state index contributed by atoms with van der Waals surface area (Å²) in [6.45, 7) is 3.23. The first-order chi connectivity index (χ1) is 9.93. The van der Waals surface area contributed by atoms with E-state index in [0.29, 0.717) is 0 Å². The Morgan fingerprint density at radius 3 is 2.43 bits per heavy atom. The molecule has 1 aromatic carbocycles. The normalized spacial score (nSPS) is 11.0. The fourth-order valence-corrected chi connectivity index (χ4v) is 2.94. The van der Waals surface area contributed by atoms with Gasteiger partial charge in [0.2, 0.25) is 0 Å². The molecule has 0 saturated carbocycles. The number of aryl methyl sites for hydroxylation is 1. The maximum atomic E-state index is 12.5. The Labute approximate surface area is 130 Å². The topological polar surface area (TPSA) is 54.5 Å². The van der Waals surface area contributed by atoms with Crippen LogP contribution in [0.4, 0.5) is 0 Å². The molecular weight excluding hydrogens is 310 g/mol. The average Bonchev–Trinajstić information content (AvgIpc) is 2.44. The lowest BCUT2D eigenvalue weighted by Crippen LogP contribution is -2.36. The SMILES string of the molecule is CC#CC(=O)N(C/C=C\CCl)S(=O)(=O)c1ccc(C)cc1.